The van der Waals surface area contributed by atoms with E-state index in [2.05, 4.69) is 43.2 Å². The SMILES string of the molecule is Cn1ccnc1-c1noc(C2(c3ccccc3)CC2Br)n1. The molecule has 5 nitrogen and oxygen atoms in total. The van der Waals surface area contributed by atoms with Gasteiger partial charge in [-0.05, 0) is 12.0 Å². The standard InChI is InChI=1S/C15H13BrN4O/c1-20-8-7-17-13(20)12-18-14(21-19-12)15(9-11(15)16)10-5-3-2-4-6-10/h2-8,11H,9H2,1H3. The Labute approximate surface area is 130 Å². The van der Waals surface area contributed by atoms with E-state index < -0.39 is 0 Å². The lowest BCUT2D eigenvalue weighted by atomic mass is 9.96. The molecule has 0 aliphatic heterocycles. The first-order valence-electron chi connectivity index (χ1n) is 6.73. The van der Waals surface area contributed by atoms with Crippen molar-refractivity contribution in [2.24, 2.45) is 7.05 Å². The number of aromatic nitrogens is 4. The second-order valence-electron chi connectivity index (χ2n) is 5.29. The molecule has 1 saturated carbocycles. The van der Waals surface area contributed by atoms with Crippen molar-refractivity contribution in [2.45, 2.75) is 16.7 Å². The Morgan fingerprint density at radius 2 is 2.10 bits per heavy atom. The fourth-order valence-electron chi connectivity index (χ4n) is 2.68. The third kappa shape index (κ3) is 1.86. The number of rotatable bonds is 3. The molecule has 1 aliphatic carbocycles. The predicted octanol–water partition coefficient (Wildman–Crippen LogP) is 2.92. The van der Waals surface area contributed by atoms with E-state index in [1.165, 1.54) is 5.56 Å². The maximum atomic E-state index is 5.55. The minimum Gasteiger partial charge on any atom is -0.338 e. The van der Waals surface area contributed by atoms with Crippen LogP contribution in [0.2, 0.25) is 0 Å². The fraction of sp³-hybridized carbons (Fsp3) is 0.267. The zero-order chi connectivity index (χ0) is 14.4. The molecule has 4 rings (SSSR count). The Morgan fingerprint density at radius 3 is 2.71 bits per heavy atom. The summed E-state index contributed by atoms with van der Waals surface area (Å²) in [6.45, 7) is 0. The van der Waals surface area contributed by atoms with Crippen LogP contribution in [-0.4, -0.2) is 24.5 Å². The zero-order valence-electron chi connectivity index (χ0n) is 11.4. The number of halogens is 1. The summed E-state index contributed by atoms with van der Waals surface area (Å²) in [6, 6.07) is 10.3. The van der Waals surface area contributed by atoms with Crippen molar-refractivity contribution >= 4 is 15.9 Å². The second kappa shape index (κ2) is 4.53. The number of alkyl halides is 1. The maximum Gasteiger partial charge on any atom is 0.238 e. The van der Waals surface area contributed by atoms with Gasteiger partial charge >= 0.3 is 0 Å². The molecule has 2 heterocycles. The molecule has 0 bridgehead atoms. The maximum absolute atomic E-state index is 5.55. The van der Waals surface area contributed by atoms with Crippen LogP contribution in [0.4, 0.5) is 0 Å². The second-order valence-corrected chi connectivity index (χ2v) is 6.40. The molecule has 106 valence electrons. The Morgan fingerprint density at radius 1 is 1.33 bits per heavy atom. The van der Waals surface area contributed by atoms with Crippen molar-refractivity contribution in [3.63, 3.8) is 0 Å². The molecule has 0 N–H and O–H groups in total. The molecule has 0 saturated heterocycles. The highest BCUT2D eigenvalue weighted by Gasteiger charge is 2.59. The van der Waals surface area contributed by atoms with Crippen LogP contribution in [0.3, 0.4) is 0 Å². The number of imidazole rings is 1. The van der Waals surface area contributed by atoms with Crippen LogP contribution in [0.5, 0.6) is 0 Å². The molecule has 1 fully saturated rings. The van der Waals surface area contributed by atoms with E-state index in [1.807, 2.05) is 36.0 Å². The van der Waals surface area contributed by atoms with Gasteiger partial charge in [0.15, 0.2) is 5.82 Å². The molecule has 3 aromatic rings. The van der Waals surface area contributed by atoms with E-state index in [0.29, 0.717) is 22.4 Å². The average Bonchev–Trinajstić information content (AvgIpc) is 2.87. The van der Waals surface area contributed by atoms with Gasteiger partial charge in [-0.3, -0.25) is 0 Å². The minimum absolute atomic E-state index is 0.211. The smallest absolute Gasteiger partial charge is 0.238 e. The summed E-state index contributed by atoms with van der Waals surface area (Å²) in [7, 11) is 1.91. The highest BCUT2D eigenvalue weighted by molar-refractivity contribution is 9.09. The van der Waals surface area contributed by atoms with E-state index in [9.17, 15) is 0 Å². The van der Waals surface area contributed by atoms with Gasteiger partial charge in [0, 0.05) is 24.3 Å². The molecule has 6 heteroatoms. The van der Waals surface area contributed by atoms with Crippen LogP contribution in [0.1, 0.15) is 17.9 Å². The molecule has 2 atom stereocenters. The van der Waals surface area contributed by atoms with E-state index >= 15 is 0 Å². The van der Waals surface area contributed by atoms with Gasteiger partial charge in [0.1, 0.15) is 0 Å². The summed E-state index contributed by atoms with van der Waals surface area (Å²) in [4.78, 5) is 9.16. The first kappa shape index (κ1) is 12.8. The van der Waals surface area contributed by atoms with Crippen molar-refractivity contribution in [1.82, 2.24) is 19.7 Å². The Bertz CT molecular complexity index is 782. The van der Waals surface area contributed by atoms with Gasteiger partial charge in [0.25, 0.3) is 0 Å². The van der Waals surface area contributed by atoms with Crippen LogP contribution in [0, 0.1) is 0 Å². The number of hydrogen-bond donors (Lipinski definition) is 0. The van der Waals surface area contributed by atoms with Crippen molar-refractivity contribution in [3.05, 3.63) is 54.2 Å². The van der Waals surface area contributed by atoms with Crippen LogP contribution in [-0.2, 0) is 12.5 Å². The van der Waals surface area contributed by atoms with Crippen LogP contribution < -0.4 is 0 Å². The third-order valence-electron chi connectivity index (χ3n) is 3.99. The van der Waals surface area contributed by atoms with Gasteiger partial charge in [0.2, 0.25) is 11.7 Å². The number of hydrogen-bond acceptors (Lipinski definition) is 4. The van der Waals surface area contributed by atoms with Gasteiger partial charge in [0.05, 0.1) is 5.41 Å². The van der Waals surface area contributed by atoms with Crippen LogP contribution >= 0.6 is 15.9 Å². The Hall–Kier alpha value is -1.95. The van der Waals surface area contributed by atoms with Crippen molar-refractivity contribution in [3.8, 4) is 11.6 Å². The highest BCUT2D eigenvalue weighted by atomic mass is 79.9. The average molecular weight is 345 g/mol. The predicted molar refractivity (Wildman–Crippen MR) is 81.1 cm³/mol. The highest BCUT2D eigenvalue weighted by Crippen LogP contribution is 2.57. The normalized spacial score (nSPS) is 24.2. The van der Waals surface area contributed by atoms with Crippen LogP contribution in [0.25, 0.3) is 11.6 Å². The van der Waals surface area contributed by atoms with Crippen molar-refractivity contribution in [1.29, 1.82) is 0 Å². The van der Waals surface area contributed by atoms with Gasteiger partial charge in [-0.1, -0.05) is 51.4 Å². The molecule has 0 spiro atoms. The molecule has 21 heavy (non-hydrogen) atoms. The zero-order valence-corrected chi connectivity index (χ0v) is 13.0. The number of nitrogens with zero attached hydrogens (tertiary/aromatic N) is 4. The Balaban J connectivity index is 1.77. The first-order chi connectivity index (χ1) is 10.2. The fourth-order valence-corrected chi connectivity index (χ4v) is 3.65. The molecule has 2 aromatic heterocycles. The van der Waals surface area contributed by atoms with E-state index in [4.69, 9.17) is 4.52 Å². The minimum atomic E-state index is -0.211. The van der Waals surface area contributed by atoms with Crippen molar-refractivity contribution in [2.75, 3.05) is 0 Å². The topological polar surface area (TPSA) is 56.7 Å². The Kier molecular flexibility index (Phi) is 2.75. The summed E-state index contributed by atoms with van der Waals surface area (Å²) >= 11 is 3.70. The summed E-state index contributed by atoms with van der Waals surface area (Å²) in [5.74, 6) is 1.88. The number of aryl methyl sites for hydroxylation is 1. The quantitative estimate of drug-likeness (QED) is 0.685. The molecule has 1 aromatic carbocycles. The molecule has 2 unspecified atom stereocenters. The molecule has 0 amide bonds. The summed E-state index contributed by atoms with van der Waals surface area (Å²) < 4.78 is 7.43. The number of benzene rings is 1. The summed E-state index contributed by atoms with van der Waals surface area (Å²) in [6.07, 6.45) is 4.55. The largest absolute Gasteiger partial charge is 0.338 e. The van der Waals surface area contributed by atoms with Gasteiger partial charge in [-0.15, -0.1) is 0 Å². The van der Waals surface area contributed by atoms with Crippen molar-refractivity contribution < 1.29 is 4.52 Å². The van der Waals surface area contributed by atoms with Gasteiger partial charge < -0.3 is 9.09 Å². The molecule has 0 radical (unpaired) electrons. The molecular formula is C15H13BrN4O. The van der Waals surface area contributed by atoms with Crippen LogP contribution in [0.15, 0.2) is 47.2 Å². The van der Waals surface area contributed by atoms with E-state index in [1.54, 1.807) is 6.20 Å². The van der Waals surface area contributed by atoms with E-state index in [-0.39, 0.29) is 5.41 Å². The summed E-state index contributed by atoms with van der Waals surface area (Å²) in [5, 5.41) is 4.10. The third-order valence-corrected chi connectivity index (χ3v) is 5.10. The van der Waals surface area contributed by atoms with Gasteiger partial charge in [-0.25, -0.2) is 4.98 Å². The first-order valence-corrected chi connectivity index (χ1v) is 7.65. The molecular weight excluding hydrogens is 332 g/mol. The van der Waals surface area contributed by atoms with Gasteiger partial charge in [-0.2, -0.15) is 4.98 Å². The molecule has 1 aliphatic rings. The monoisotopic (exact) mass is 344 g/mol. The lowest BCUT2D eigenvalue weighted by Crippen LogP contribution is -2.12. The lowest BCUT2D eigenvalue weighted by Gasteiger charge is -2.10. The van der Waals surface area contributed by atoms with E-state index in [0.717, 1.165) is 6.42 Å². The summed E-state index contributed by atoms with van der Waals surface area (Å²) in [5.41, 5.74) is 0.986. The lowest BCUT2D eigenvalue weighted by molar-refractivity contribution is 0.360.